The Kier molecular flexibility index (Phi) is 2.60. The van der Waals surface area contributed by atoms with Gasteiger partial charge in [-0.05, 0) is 31.5 Å². The highest BCUT2D eigenvalue weighted by Crippen LogP contribution is 2.25. The summed E-state index contributed by atoms with van der Waals surface area (Å²) in [6.45, 7) is 2.61. The molecule has 0 heterocycles. The molecule has 0 spiro atoms. The van der Waals surface area contributed by atoms with Crippen molar-refractivity contribution in [3.8, 4) is 0 Å². The van der Waals surface area contributed by atoms with Crippen LogP contribution in [0.4, 0.5) is 10.1 Å². The Morgan fingerprint density at radius 2 is 2.08 bits per heavy atom. The minimum Gasteiger partial charge on any atom is -0.258 e. The highest BCUT2D eigenvalue weighted by atomic mass is 19.1. The molecule has 0 radical (unpaired) electrons. The van der Waals surface area contributed by atoms with Crippen LogP contribution in [0.25, 0.3) is 0 Å². The van der Waals surface area contributed by atoms with E-state index in [1.807, 2.05) is 0 Å². The van der Waals surface area contributed by atoms with Crippen LogP contribution in [0.1, 0.15) is 16.7 Å². The molecule has 0 fully saturated rings. The monoisotopic (exact) mass is 183 g/mol. The zero-order valence-corrected chi connectivity index (χ0v) is 7.50. The van der Waals surface area contributed by atoms with Gasteiger partial charge in [-0.3, -0.25) is 10.1 Å². The van der Waals surface area contributed by atoms with Crippen molar-refractivity contribution in [1.82, 2.24) is 0 Å². The molecule has 0 aliphatic heterocycles. The lowest BCUT2D eigenvalue weighted by atomic mass is 10.1. The number of aryl methyl sites for hydroxylation is 2. The summed E-state index contributed by atoms with van der Waals surface area (Å²) < 4.78 is 12.4. The van der Waals surface area contributed by atoms with Crippen LogP contribution in [0.15, 0.2) is 12.1 Å². The molecule has 0 bridgehead atoms. The second-order valence-corrected chi connectivity index (χ2v) is 2.98. The number of hydrogen-bond donors (Lipinski definition) is 0. The molecule has 3 nitrogen and oxygen atoms in total. The molecule has 0 unspecified atom stereocenters. The maximum atomic E-state index is 12.4. The van der Waals surface area contributed by atoms with E-state index in [1.54, 1.807) is 19.9 Å². The number of benzene rings is 1. The molecule has 0 atom stereocenters. The minimum absolute atomic E-state index is 0.104. The number of hydrogen-bond acceptors (Lipinski definition) is 2. The quantitative estimate of drug-likeness (QED) is 0.522. The molecule has 1 aromatic carbocycles. The van der Waals surface area contributed by atoms with Gasteiger partial charge in [0.05, 0.1) is 10.5 Å². The SMILES string of the molecule is Cc1cc(C)c([N+](=O)[O-])c(CF)c1. The second kappa shape index (κ2) is 3.51. The smallest absolute Gasteiger partial charge is 0.258 e. The Morgan fingerprint density at radius 1 is 1.46 bits per heavy atom. The fraction of sp³-hybridized carbons (Fsp3) is 0.333. The minimum atomic E-state index is -0.793. The Balaban J connectivity index is 3.38. The molecule has 0 saturated carbocycles. The molecular formula is C9H10FNO2. The van der Waals surface area contributed by atoms with Gasteiger partial charge in [-0.25, -0.2) is 4.39 Å². The highest BCUT2D eigenvalue weighted by molar-refractivity contribution is 5.49. The molecule has 1 rings (SSSR count). The van der Waals surface area contributed by atoms with Gasteiger partial charge in [0.15, 0.2) is 0 Å². The average molecular weight is 183 g/mol. The van der Waals surface area contributed by atoms with Crippen molar-refractivity contribution in [3.05, 3.63) is 38.9 Å². The molecule has 0 aliphatic rings. The van der Waals surface area contributed by atoms with Crippen LogP contribution in [0, 0.1) is 24.0 Å². The Morgan fingerprint density at radius 3 is 2.54 bits per heavy atom. The van der Waals surface area contributed by atoms with Gasteiger partial charge in [0, 0.05) is 5.56 Å². The summed E-state index contributed by atoms with van der Waals surface area (Å²) in [4.78, 5) is 10.0. The zero-order valence-electron chi connectivity index (χ0n) is 7.50. The van der Waals surface area contributed by atoms with E-state index in [0.29, 0.717) is 5.56 Å². The normalized spacial score (nSPS) is 10.1. The van der Waals surface area contributed by atoms with E-state index >= 15 is 0 Å². The van der Waals surface area contributed by atoms with E-state index in [1.165, 1.54) is 6.07 Å². The van der Waals surface area contributed by atoms with Crippen LogP contribution in [0.5, 0.6) is 0 Å². The van der Waals surface area contributed by atoms with Crippen molar-refractivity contribution in [2.75, 3.05) is 0 Å². The second-order valence-electron chi connectivity index (χ2n) is 2.98. The summed E-state index contributed by atoms with van der Waals surface area (Å²) in [5.41, 5.74) is 1.41. The lowest BCUT2D eigenvalue weighted by Crippen LogP contribution is -1.97. The molecule has 4 heteroatoms. The molecule has 1 aromatic rings. The summed E-state index contributed by atoms with van der Waals surface area (Å²) >= 11 is 0. The van der Waals surface area contributed by atoms with Crippen LogP contribution >= 0.6 is 0 Å². The van der Waals surface area contributed by atoms with Crippen LogP contribution in [0.2, 0.25) is 0 Å². The molecule has 0 saturated heterocycles. The van der Waals surface area contributed by atoms with Crippen LogP contribution in [-0.2, 0) is 6.67 Å². The van der Waals surface area contributed by atoms with E-state index < -0.39 is 11.6 Å². The van der Waals surface area contributed by atoms with Gasteiger partial charge in [0.2, 0.25) is 0 Å². The van der Waals surface area contributed by atoms with Crippen molar-refractivity contribution in [2.24, 2.45) is 0 Å². The number of nitro groups is 1. The van der Waals surface area contributed by atoms with E-state index in [2.05, 4.69) is 0 Å². The lowest BCUT2D eigenvalue weighted by Gasteiger charge is -2.03. The van der Waals surface area contributed by atoms with Gasteiger partial charge < -0.3 is 0 Å². The van der Waals surface area contributed by atoms with Gasteiger partial charge >= 0.3 is 0 Å². The van der Waals surface area contributed by atoms with Crippen LogP contribution < -0.4 is 0 Å². The standard InChI is InChI=1S/C9H10FNO2/c1-6-3-7(2)9(11(12)13)8(4-6)5-10/h3-4H,5H2,1-2H3. The summed E-state index contributed by atoms with van der Waals surface area (Å²) in [6, 6.07) is 3.18. The first-order valence-electron chi connectivity index (χ1n) is 3.86. The lowest BCUT2D eigenvalue weighted by molar-refractivity contribution is -0.386. The third-order valence-corrected chi connectivity index (χ3v) is 1.85. The first kappa shape index (κ1) is 9.64. The van der Waals surface area contributed by atoms with Crippen molar-refractivity contribution >= 4 is 5.69 Å². The van der Waals surface area contributed by atoms with Crippen LogP contribution in [-0.4, -0.2) is 4.92 Å². The van der Waals surface area contributed by atoms with Gasteiger partial charge in [0.1, 0.15) is 6.67 Å². The zero-order chi connectivity index (χ0) is 10.0. The van der Waals surface area contributed by atoms with E-state index in [4.69, 9.17) is 0 Å². The van der Waals surface area contributed by atoms with Crippen molar-refractivity contribution in [2.45, 2.75) is 20.5 Å². The van der Waals surface area contributed by atoms with Crippen LogP contribution in [0.3, 0.4) is 0 Å². The van der Waals surface area contributed by atoms with Gasteiger partial charge in [-0.15, -0.1) is 0 Å². The number of halogens is 1. The highest BCUT2D eigenvalue weighted by Gasteiger charge is 2.17. The Bertz CT molecular complexity index is 350. The first-order valence-corrected chi connectivity index (χ1v) is 3.86. The van der Waals surface area contributed by atoms with E-state index in [-0.39, 0.29) is 11.3 Å². The van der Waals surface area contributed by atoms with Gasteiger partial charge in [0.25, 0.3) is 5.69 Å². The largest absolute Gasteiger partial charge is 0.278 e. The van der Waals surface area contributed by atoms with Gasteiger partial charge in [-0.2, -0.15) is 0 Å². The summed E-state index contributed by atoms with van der Waals surface area (Å²) in [7, 11) is 0. The molecule has 0 aliphatic carbocycles. The van der Waals surface area contributed by atoms with E-state index in [0.717, 1.165) is 5.56 Å². The molecule has 70 valence electrons. The third-order valence-electron chi connectivity index (χ3n) is 1.85. The number of rotatable bonds is 2. The summed E-state index contributed by atoms with van der Waals surface area (Å²) in [6.07, 6.45) is 0. The van der Waals surface area contributed by atoms with Gasteiger partial charge in [-0.1, -0.05) is 0 Å². The summed E-state index contributed by atoms with van der Waals surface area (Å²) in [5.74, 6) is 0. The number of nitro benzene ring substituents is 1. The Hall–Kier alpha value is -1.45. The number of alkyl halides is 1. The number of nitrogens with zero attached hydrogens (tertiary/aromatic N) is 1. The topological polar surface area (TPSA) is 43.1 Å². The average Bonchev–Trinajstić information content (AvgIpc) is 2.01. The maximum absolute atomic E-state index is 12.4. The maximum Gasteiger partial charge on any atom is 0.278 e. The molecule has 13 heavy (non-hydrogen) atoms. The molecular weight excluding hydrogens is 173 g/mol. The van der Waals surface area contributed by atoms with Crippen molar-refractivity contribution < 1.29 is 9.31 Å². The van der Waals surface area contributed by atoms with Crippen molar-refractivity contribution in [3.63, 3.8) is 0 Å². The molecule has 0 amide bonds. The molecule has 0 N–H and O–H groups in total. The predicted molar refractivity (Wildman–Crippen MR) is 47.4 cm³/mol. The summed E-state index contributed by atoms with van der Waals surface area (Å²) in [5, 5.41) is 10.6. The van der Waals surface area contributed by atoms with Crippen molar-refractivity contribution in [1.29, 1.82) is 0 Å². The first-order chi connectivity index (χ1) is 6.06. The Labute approximate surface area is 75.3 Å². The fourth-order valence-electron chi connectivity index (χ4n) is 1.41. The fourth-order valence-corrected chi connectivity index (χ4v) is 1.41. The molecule has 0 aromatic heterocycles. The van der Waals surface area contributed by atoms with E-state index in [9.17, 15) is 14.5 Å². The third kappa shape index (κ3) is 1.83. The predicted octanol–water partition coefficient (Wildman–Crippen LogP) is 2.68.